The number of fused-ring (bicyclic) bond motifs is 1. The lowest BCUT2D eigenvalue weighted by atomic mass is 10.0. The molecule has 4 rings (SSSR count). The molecule has 1 saturated heterocycles. The van der Waals surface area contributed by atoms with Gasteiger partial charge in [0.1, 0.15) is 0 Å². The molecule has 1 aromatic carbocycles. The number of ether oxygens (including phenoxy) is 2. The molecule has 1 amide bonds. The van der Waals surface area contributed by atoms with Crippen LogP contribution in [-0.4, -0.2) is 54.7 Å². The molecule has 0 radical (unpaired) electrons. The molecule has 30 heavy (non-hydrogen) atoms. The van der Waals surface area contributed by atoms with Gasteiger partial charge in [0.25, 0.3) is 5.91 Å². The molecule has 7 heteroatoms. The summed E-state index contributed by atoms with van der Waals surface area (Å²) in [5.41, 5.74) is 2.14. The SMILES string of the molecule is COC(=O)CCN(CC1CCCO1)C(=O)c1cc(-c2cccs2)nc2ccccc12. The van der Waals surface area contributed by atoms with E-state index in [1.165, 1.54) is 7.11 Å². The van der Waals surface area contributed by atoms with Gasteiger partial charge in [-0.1, -0.05) is 24.3 Å². The third kappa shape index (κ3) is 4.52. The van der Waals surface area contributed by atoms with Crippen molar-refractivity contribution in [2.45, 2.75) is 25.4 Å². The van der Waals surface area contributed by atoms with Crippen LogP contribution in [0.3, 0.4) is 0 Å². The molecular formula is C23H24N2O4S. The van der Waals surface area contributed by atoms with Gasteiger partial charge in [-0.3, -0.25) is 9.59 Å². The van der Waals surface area contributed by atoms with Crippen LogP contribution in [0, 0.1) is 0 Å². The minimum Gasteiger partial charge on any atom is -0.469 e. The smallest absolute Gasteiger partial charge is 0.307 e. The molecule has 1 aliphatic rings. The maximum absolute atomic E-state index is 13.7. The zero-order valence-corrected chi connectivity index (χ0v) is 17.7. The van der Waals surface area contributed by atoms with Crippen LogP contribution in [0.2, 0.25) is 0 Å². The third-order valence-corrected chi connectivity index (χ3v) is 6.16. The molecule has 156 valence electrons. The predicted molar refractivity (Wildman–Crippen MR) is 117 cm³/mol. The highest BCUT2D eigenvalue weighted by Gasteiger charge is 2.26. The summed E-state index contributed by atoms with van der Waals surface area (Å²) in [6.45, 7) is 1.46. The second kappa shape index (κ2) is 9.36. The van der Waals surface area contributed by atoms with Crippen molar-refractivity contribution in [1.82, 2.24) is 9.88 Å². The topological polar surface area (TPSA) is 68.7 Å². The number of hydrogen-bond donors (Lipinski definition) is 0. The summed E-state index contributed by atoms with van der Waals surface area (Å²) in [6, 6.07) is 13.5. The Kier molecular flexibility index (Phi) is 6.40. The lowest BCUT2D eigenvalue weighted by molar-refractivity contribution is -0.140. The van der Waals surface area contributed by atoms with Crippen molar-refractivity contribution in [2.24, 2.45) is 0 Å². The Balaban J connectivity index is 1.70. The standard InChI is InChI=1S/C23H24N2O4S/c1-28-22(26)10-11-25(15-16-6-4-12-29-16)23(27)18-14-20(21-9-5-13-30-21)24-19-8-3-2-7-17(18)19/h2-3,5,7-9,13-14,16H,4,6,10-12,15H2,1H3. The van der Waals surface area contributed by atoms with Gasteiger partial charge in [-0.25, -0.2) is 4.98 Å². The first-order chi connectivity index (χ1) is 14.7. The van der Waals surface area contributed by atoms with Gasteiger partial charge in [-0.05, 0) is 36.4 Å². The van der Waals surface area contributed by atoms with Crippen LogP contribution < -0.4 is 0 Å². The maximum Gasteiger partial charge on any atom is 0.307 e. The van der Waals surface area contributed by atoms with E-state index in [2.05, 4.69) is 0 Å². The normalized spacial score (nSPS) is 16.0. The van der Waals surface area contributed by atoms with Crippen molar-refractivity contribution >= 4 is 34.1 Å². The first-order valence-corrected chi connectivity index (χ1v) is 10.9. The van der Waals surface area contributed by atoms with Gasteiger partial charge in [0.2, 0.25) is 0 Å². The number of methoxy groups -OCH3 is 1. The molecule has 0 bridgehead atoms. The maximum atomic E-state index is 13.7. The van der Waals surface area contributed by atoms with Crippen LogP contribution in [0.15, 0.2) is 47.8 Å². The lowest BCUT2D eigenvalue weighted by Gasteiger charge is -2.26. The van der Waals surface area contributed by atoms with E-state index in [4.69, 9.17) is 14.5 Å². The molecule has 1 atom stereocenters. The van der Waals surface area contributed by atoms with Gasteiger partial charge in [0.15, 0.2) is 0 Å². The number of thiophene rings is 1. The Labute approximate surface area is 179 Å². The number of rotatable bonds is 7. The van der Waals surface area contributed by atoms with Gasteiger partial charge in [0.05, 0.1) is 41.3 Å². The van der Waals surface area contributed by atoms with Crippen molar-refractivity contribution < 1.29 is 19.1 Å². The van der Waals surface area contributed by atoms with Crippen LogP contribution in [0.5, 0.6) is 0 Å². The third-order valence-electron chi connectivity index (χ3n) is 5.27. The number of amides is 1. The summed E-state index contributed by atoms with van der Waals surface area (Å²) < 4.78 is 10.5. The van der Waals surface area contributed by atoms with E-state index in [0.717, 1.165) is 34.3 Å². The number of para-hydroxylation sites is 1. The van der Waals surface area contributed by atoms with Crippen LogP contribution in [-0.2, 0) is 14.3 Å². The van der Waals surface area contributed by atoms with Gasteiger partial charge in [-0.15, -0.1) is 11.3 Å². The van der Waals surface area contributed by atoms with E-state index >= 15 is 0 Å². The van der Waals surface area contributed by atoms with Crippen LogP contribution in [0.4, 0.5) is 0 Å². The Morgan fingerprint density at radius 2 is 2.13 bits per heavy atom. The van der Waals surface area contributed by atoms with Crippen molar-refractivity contribution in [3.05, 3.63) is 53.4 Å². The number of benzene rings is 1. The van der Waals surface area contributed by atoms with Crippen LogP contribution >= 0.6 is 11.3 Å². The molecule has 0 N–H and O–H groups in total. The number of pyridine rings is 1. The number of esters is 1. The molecule has 1 aliphatic heterocycles. The van der Waals surface area contributed by atoms with Crippen molar-refractivity contribution in [1.29, 1.82) is 0 Å². The molecule has 0 saturated carbocycles. The number of aromatic nitrogens is 1. The Hall–Kier alpha value is -2.77. The van der Waals surface area contributed by atoms with E-state index in [1.54, 1.807) is 16.2 Å². The number of hydrogen-bond acceptors (Lipinski definition) is 6. The van der Waals surface area contributed by atoms with Gasteiger partial charge >= 0.3 is 5.97 Å². The van der Waals surface area contributed by atoms with E-state index in [1.807, 2.05) is 47.8 Å². The quantitative estimate of drug-likeness (QED) is 0.533. The predicted octanol–water partition coefficient (Wildman–Crippen LogP) is 4.15. The van der Waals surface area contributed by atoms with Crippen molar-refractivity contribution in [3.63, 3.8) is 0 Å². The average molecular weight is 425 g/mol. The highest BCUT2D eigenvalue weighted by atomic mass is 32.1. The van der Waals surface area contributed by atoms with Gasteiger partial charge in [0, 0.05) is 25.1 Å². The summed E-state index contributed by atoms with van der Waals surface area (Å²) in [6.07, 6.45) is 2.05. The molecular weight excluding hydrogens is 400 g/mol. The Morgan fingerprint density at radius 3 is 2.87 bits per heavy atom. The average Bonchev–Trinajstić information content (AvgIpc) is 3.49. The monoisotopic (exact) mass is 424 g/mol. The summed E-state index contributed by atoms with van der Waals surface area (Å²) >= 11 is 1.59. The second-order valence-electron chi connectivity index (χ2n) is 7.26. The first kappa shape index (κ1) is 20.5. The fraction of sp³-hybridized carbons (Fsp3) is 0.348. The van der Waals surface area contributed by atoms with Crippen LogP contribution in [0.25, 0.3) is 21.5 Å². The van der Waals surface area contributed by atoms with E-state index in [0.29, 0.717) is 18.7 Å². The molecule has 2 aromatic heterocycles. The van der Waals surface area contributed by atoms with E-state index in [-0.39, 0.29) is 30.9 Å². The van der Waals surface area contributed by atoms with E-state index in [9.17, 15) is 9.59 Å². The van der Waals surface area contributed by atoms with Crippen LogP contribution in [0.1, 0.15) is 29.6 Å². The highest BCUT2D eigenvalue weighted by Crippen LogP contribution is 2.29. The molecule has 1 fully saturated rings. The summed E-state index contributed by atoms with van der Waals surface area (Å²) in [5, 5.41) is 2.80. The largest absolute Gasteiger partial charge is 0.469 e. The van der Waals surface area contributed by atoms with Gasteiger partial charge in [-0.2, -0.15) is 0 Å². The number of nitrogens with zero attached hydrogens (tertiary/aromatic N) is 2. The molecule has 0 aliphatic carbocycles. The summed E-state index contributed by atoms with van der Waals surface area (Å²) in [4.78, 5) is 32.9. The fourth-order valence-electron chi connectivity index (χ4n) is 3.71. The number of carbonyl (C=O) groups excluding carboxylic acids is 2. The lowest BCUT2D eigenvalue weighted by Crippen LogP contribution is -2.39. The van der Waals surface area contributed by atoms with Gasteiger partial charge < -0.3 is 14.4 Å². The molecule has 1 unspecified atom stereocenters. The molecule has 3 heterocycles. The minimum atomic E-state index is -0.334. The Bertz CT molecular complexity index is 1030. The number of carbonyl (C=O) groups is 2. The Morgan fingerprint density at radius 1 is 1.27 bits per heavy atom. The van der Waals surface area contributed by atoms with Crippen molar-refractivity contribution in [2.75, 3.05) is 26.8 Å². The summed E-state index contributed by atoms with van der Waals surface area (Å²) in [5.74, 6) is -0.454. The molecule has 6 nitrogen and oxygen atoms in total. The zero-order chi connectivity index (χ0) is 20.9. The van der Waals surface area contributed by atoms with E-state index < -0.39 is 0 Å². The first-order valence-electron chi connectivity index (χ1n) is 10.1. The molecule has 3 aromatic rings. The second-order valence-corrected chi connectivity index (χ2v) is 8.21. The fourth-order valence-corrected chi connectivity index (χ4v) is 4.40. The summed E-state index contributed by atoms with van der Waals surface area (Å²) in [7, 11) is 1.36. The highest BCUT2D eigenvalue weighted by molar-refractivity contribution is 7.13. The zero-order valence-electron chi connectivity index (χ0n) is 16.9. The van der Waals surface area contributed by atoms with Crippen molar-refractivity contribution in [3.8, 4) is 10.6 Å². The molecule has 0 spiro atoms. The minimum absolute atomic E-state index is 0.00327.